The highest BCUT2D eigenvalue weighted by atomic mass is 16.5. The number of benzene rings is 2. The van der Waals surface area contributed by atoms with Gasteiger partial charge in [0.05, 0.1) is 18.7 Å². The fourth-order valence-corrected chi connectivity index (χ4v) is 4.34. The van der Waals surface area contributed by atoms with Gasteiger partial charge >= 0.3 is 0 Å². The van der Waals surface area contributed by atoms with E-state index in [4.69, 9.17) is 4.74 Å². The molecule has 1 saturated heterocycles. The van der Waals surface area contributed by atoms with Gasteiger partial charge in [0, 0.05) is 31.9 Å². The molecule has 1 amide bonds. The first-order valence-corrected chi connectivity index (χ1v) is 11.7. The van der Waals surface area contributed by atoms with E-state index in [1.54, 1.807) is 36.3 Å². The zero-order chi connectivity index (χ0) is 24.8. The molecule has 1 atom stereocenters. The molecule has 2 aromatic carbocycles. The second-order valence-electron chi connectivity index (χ2n) is 8.59. The molecule has 2 aromatic rings. The Balaban J connectivity index is 2.05. The molecule has 0 spiro atoms. The van der Waals surface area contributed by atoms with E-state index in [1.807, 2.05) is 43.3 Å². The minimum Gasteiger partial charge on any atom is -0.507 e. The Hall–Kier alpha value is -3.32. The first kappa shape index (κ1) is 25.3. The molecule has 0 radical (unpaired) electrons. The number of methoxy groups -OCH3 is 1. The second-order valence-corrected chi connectivity index (χ2v) is 8.59. The molecule has 0 aliphatic carbocycles. The van der Waals surface area contributed by atoms with Crippen LogP contribution in [-0.4, -0.2) is 74.0 Å². The highest BCUT2D eigenvalue weighted by Gasteiger charge is 2.45. The van der Waals surface area contributed by atoms with Crippen LogP contribution in [-0.2, 0) is 9.59 Å². The number of carbonyl (C=O) groups excluding carboxylic acids is 2. The third-order valence-corrected chi connectivity index (χ3v) is 6.38. The number of rotatable bonds is 10. The Labute approximate surface area is 202 Å². The third kappa shape index (κ3) is 5.25. The number of hydrogen-bond acceptors (Lipinski definition) is 6. The van der Waals surface area contributed by atoms with Gasteiger partial charge in [-0.25, -0.2) is 0 Å². The van der Waals surface area contributed by atoms with Crippen molar-refractivity contribution in [2.75, 3.05) is 52.3 Å². The van der Waals surface area contributed by atoms with Gasteiger partial charge in [0.25, 0.3) is 11.7 Å². The molecular weight excluding hydrogens is 430 g/mol. The topological polar surface area (TPSA) is 73.3 Å². The number of aliphatic hydroxyl groups excluding tert-OH is 1. The first-order valence-electron chi connectivity index (χ1n) is 11.7. The number of ketones is 1. The van der Waals surface area contributed by atoms with Crippen LogP contribution in [0.3, 0.4) is 0 Å². The SMILES string of the molecule is CCN(CC)CCCN1C(=O)C(=O)/C(=C(/O)c2cccc(OC)c2)C1c1ccc(N(C)C)cc1. The van der Waals surface area contributed by atoms with Crippen LogP contribution in [0.2, 0.25) is 0 Å². The average Bonchev–Trinajstić information content (AvgIpc) is 3.11. The fraction of sp³-hybridized carbons (Fsp3) is 0.407. The van der Waals surface area contributed by atoms with Crippen LogP contribution >= 0.6 is 0 Å². The number of anilines is 1. The van der Waals surface area contributed by atoms with Crippen molar-refractivity contribution >= 4 is 23.1 Å². The number of hydrogen-bond donors (Lipinski definition) is 1. The average molecular weight is 466 g/mol. The Kier molecular flexibility index (Phi) is 8.34. The number of carbonyl (C=O) groups is 2. The van der Waals surface area contributed by atoms with Crippen LogP contribution in [0.15, 0.2) is 54.1 Å². The fourth-order valence-electron chi connectivity index (χ4n) is 4.34. The number of Topliss-reactive ketones (excluding diaryl/α,β-unsaturated/α-hetero) is 1. The molecule has 182 valence electrons. The molecule has 7 heteroatoms. The Morgan fingerprint density at radius 2 is 1.74 bits per heavy atom. The van der Waals surface area contributed by atoms with Gasteiger partial charge in [0.1, 0.15) is 11.5 Å². The van der Waals surface area contributed by atoms with Crippen molar-refractivity contribution in [1.82, 2.24) is 9.80 Å². The van der Waals surface area contributed by atoms with Crippen molar-refractivity contribution in [1.29, 1.82) is 0 Å². The van der Waals surface area contributed by atoms with Gasteiger partial charge in [-0.15, -0.1) is 0 Å². The maximum absolute atomic E-state index is 13.2. The summed E-state index contributed by atoms with van der Waals surface area (Å²) in [5.74, 6) is -0.870. The van der Waals surface area contributed by atoms with E-state index in [-0.39, 0.29) is 11.3 Å². The summed E-state index contributed by atoms with van der Waals surface area (Å²) in [5.41, 5.74) is 2.35. The summed E-state index contributed by atoms with van der Waals surface area (Å²) in [6.45, 7) is 7.34. The van der Waals surface area contributed by atoms with Crippen LogP contribution < -0.4 is 9.64 Å². The highest BCUT2D eigenvalue weighted by Crippen LogP contribution is 2.40. The molecule has 1 aliphatic heterocycles. The standard InChI is InChI=1S/C27H35N3O4/c1-6-29(7-2)16-9-17-30-24(19-12-14-21(15-13-19)28(3)4)23(26(32)27(30)33)25(31)20-10-8-11-22(18-20)34-5/h8,10-15,18,24,31H,6-7,9,16-17H2,1-5H3/b25-23+. The maximum Gasteiger partial charge on any atom is 0.295 e. The zero-order valence-corrected chi connectivity index (χ0v) is 20.7. The van der Waals surface area contributed by atoms with Gasteiger partial charge in [-0.05, 0) is 55.9 Å². The van der Waals surface area contributed by atoms with Crippen LogP contribution in [0.5, 0.6) is 5.75 Å². The predicted octanol–water partition coefficient (Wildman–Crippen LogP) is 3.91. The lowest BCUT2D eigenvalue weighted by atomic mass is 9.95. The predicted molar refractivity (Wildman–Crippen MR) is 135 cm³/mol. The largest absolute Gasteiger partial charge is 0.507 e. The maximum atomic E-state index is 13.2. The van der Waals surface area contributed by atoms with Crippen molar-refractivity contribution in [3.8, 4) is 5.75 Å². The van der Waals surface area contributed by atoms with Crippen LogP contribution in [0.4, 0.5) is 5.69 Å². The van der Waals surface area contributed by atoms with Crippen LogP contribution in [0.25, 0.3) is 5.76 Å². The molecule has 7 nitrogen and oxygen atoms in total. The number of nitrogens with zero attached hydrogens (tertiary/aromatic N) is 3. The minimum absolute atomic E-state index is 0.110. The molecule has 1 unspecified atom stereocenters. The summed E-state index contributed by atoms with van der Waals surface area (Å²) in [7, 11) is 5.45. The molecule has 1 aliphatic rings. The lowest BCUT2D eigenvalue weighted by molar-refractivity contribution is -0.140. The smallest absolute Gasteiger partial charge is 0.295 e. The number of likely N-dealkylation sites (tertiary alicyclic amines) is 1. The summed E-state index contributed by atoms with van der Waals surface area (Å²) in [6.07, 6.45) is 0.736. The summed E-state index contributed by atoms with van der Waals surface area (Å²) < 4.78 is 5.28. The summed E-state index contributed by atoms with van der Waals surface area (Å²) >= 11 is 0. The Morgan fingerprint density at radius 1 is 1.06 bits per heavy atom. The normalized spacial score (nSPS) is 17.5. The van der Waals surface area contributed by atoms with E-state index in [9.17, 15) is 14.7 Å². The molecule has 34 heavy (non-hydrogen) atoms. The molecular formula is C27H35N3O4. The van der Waals surface area contributed by atoms with Gasteiger partial charge in [-0.3, -0.25) is 9.59 Å². The first-order chi connectivity index (χ1) is 16.3. The summed E-state index contributed by atoms with van der Waals surface area (Å²) in [4.78, 5) is 32.2. The molecule has 0 bridgehead atoms. The van der Waals surface area contributed by atoms with Crippen molar-refractivity contribution in [2.24, 2.45) is 0 Å². The van der Waals surface area contributed by atoms with E-state index < -0.39 is 17.7 Å². The van der Waals surface area contributed by atoms with Gasteiger partial charge in [0.15, 0.2) is 0 Å². The number of amides is 1. The van der Waals surface area contributed by atoms with Crippen molar-refractivity contribution in [2.45, 2.75) is 26.3 Å². The lowest BCUT2D eigenvalue weighted by Gasteiger charge is -2.27. The van der Waals surface area contributed by atoms with E-state index in [0.717, 1.165) is 37.3 Å². The summed E-state index contributed by atoms with van der Waals surface area (Å²) in [6, 6.07) is 14.0. The van der Waals surface area contributed by atoms with Gasteiger partial charge in [-0.1, -0.05) is 38.1 Å². The van der Waals surface area contributed by atoms with Gasteiger partial charge < -0.3 is 24.5 Å². The van der Waals surface area contributed by atoms with Gasteiger partial charge in [-0.2, -0.15) is 0 Å². The van der Waals surface area contributed by atoms with E-state index in [0.29, 0.717) is 17.9 Å². The monoisotopic (exact) mass is 465 g/mol. The number of aliphatic hydroxyl groups is 1. The van der Waals surface area contributed by atoms with Crippen molar-refractivity contribution < 1.29 is 19.4 Å². The van der Waals surface area contributed by atoms with Crippen molar-refractivity contribution in [3.05, 3.63) is 65.2 Å². The zero-order valence-electron chi connectivity index (χ0n) is 20.7. The van der Waals surface area contributed by atoms with Gasteiger partial charge in [0.2, 0.25) is 0 Å². The summed E-state index contributed by atoms with van der Waals surface area (Å²) in [5, 5.41) is 11.2. The molecule has 1 N–H and O–H groups in total. The Bertz CT molecular complexity index is 1040. The molecule has 1 fully saturated rings. The molecule has 3 rings (SSSR count). The molecule has 1 heterocycles. The lowest BCUT2D eigenvalue weighted by Crippen LogP contribution is -2.33. The second kappa shape index (κ2) is 11.2. The van der Waals surface area contributed by atoms with E-state index in [1.165, 1.54) is 0 Å². The van der Waals surface area contributed by atoms with E-state index >= 15 is 0 Å². The quantitative estimate of drug-likeness (QED) is 0.326. The molecule has 0 aromatic heterocycles. The van der Waals surface area contributed by atoms with Crippen LogP contribution in [0.1, 0.15) is 37.4 Å². The van der Waals surface area contributed by atoms with Crippen molar-refractivity contribution in [3.63, 3.8) is 0 Å². The Morgan fingerprint density at radius 3 is 2.32 bits per heavy atom. The third-order valence-electron chi connectivity index (χ3n) is 6.38. The minimum atomic E-state index is -0.662. The van der Waals surface area contributed by atoms with E-state index in [2.05, 4.69) is 18.7 Å². The van der Waals surface area contributed by atoms with Crippen LogP contribution in [0, 0.1) is 0 Å². The molecule has 0 saturated carbocycles. The highest BCUT2D eigenvalue weighted by molar-refractivity contribution is 6.46. The number of ether oxygens (including phenoxy) is 1.